The maximum Gasteiger partial charge on any atom is 0.251 e. The van der Waals surface area contributed by atoms with E-state index in [0.717, 1.165) is 38.0 Å². The first-order valence-corrected chi connectivity index (χ1v) is 10.0. The molecule has 3 fully saturated rings. The van der Waals surface area contributed by atoms with E-state index in [1.807, 2.05) is 12.1 Å². The lowest BCUT2D eigenvalue weighted by atomic mass is 9.82. The van der Waals surface area contributed by atoms with E-state index in [9.17, 15) is 4.79 Å². The van der Waals surface area contributed by atoms with Gasteiger partial charge in [-0.2, -0.15) is 0 Å². The van der Waals surface area contributed by atoms with E-state index in [0.29, 0.717) is 17.2 Å². The molecule has 0 bridgehead atoms. The van der Waals surface area contributed by atoms with Crippen molar-refractivity contribution in [3.8, 4) is 0 Å². The molecule has 0 unspecified atom stereocenters. The summed E-state index contributed by atoms with van der Waals surface area (Å²) in [5.41, 5.74) is 1.70. The molecule has 0 radical (unpaired) electrons. The fraction of sp³-hybridized carbons (Fsp3) is 0.650. The van der Waals surface area contributed by atoms with E-state index in [1.54, 1.807) is 6.07 Å². The zero-order chi connectivity index (χ0) is 17.3. The van der Waals surface area contributed by atoms with Crippen LogP contribution >= 0.6 is 11.6 Å². The Morgan fingerprint density at radius 1 is 1.16 bits per heavy atom. The van der Waals surface area contributed by atoms with Gasteiger partial charge in [-0.05, 0) is 50.3 Å². The van der Waals surface area contributed by atoms with Crippen molar-refractivity contribution in [3.05, 3.63) is 28.8 Å². The van der Waals surface area contributed by atoms with Gasteiger partial charge in [0.25, 0.3) is 5.91 Å². The van der Waals surface area contributed by atoms with Crippen molar-refractivity contribution in [1.29, 1.82) is 0 Å². The molecule has 1 aromatic rings. The van der Waals surface area contributed by atoms with Crippen LogP contribution in [0.2, 0.25) is 5.02 Å². The summed E-state index contributed by atoms with van der Waals surface area (Å²) >= 11 is 6.44. The van der Waals surface area contributed by atoms with E-state index in [4.69, 9.17) is 16.3 Å². The van der Waals surface area contributed by atoms with Crippen molar-refractivity contribution in [2.24, 2.45) is 0 Å². The largest absolute Gasteiger partial charge is 0.373 e. The molecule has 136 valence electrons. The first kappa shape index (κ1) is 17.2. The van der Waals surface area contributed by atoms with E-state index in [-0.39, 0.29) is 17.6 Å². The summed E-state index contributed by atoms with van der Waals surface area (Å²) in [6, 6.07) is 5.79. The molecule has 2 heterocycles. The van der Waals surface area contributed by atoms with Crippen LogP contribution in [0.15, 0.2) is 18.2 Å². The van der Waals surface area contributed by atoms with Gasteiger partial charge in [-0.3, -0.25) is 4.79 Å². The molecule has 1 saturated carbocycles. The molecule has 1 N–H and O–H groups in total. The van der Waals surface area contributed by atoms with Crippen LogP contribution in [0.4, 0.5) is 5.69 Å². The van der Waals surface area contributed by atoms with Crippen LogP contribution in [0.25, 0.3) is 0 Å². The van der Waals surface area contributed by atoms with Crippen LogP contribution in [0, 0.1) is 0 Å². The van der Waals surface area contributed by atoms with Crippen molar-refractivity contribution in [1.82, 2.24) is 5.32 Å². The van der Waals surface area contributed by atoms with E-state index in [1.165, 1.54) is 32.1 Å². The summed E-state index contributed by atoms with van der Waals surface area (Å²) in [6.07, 6.45) is 9.43. The average Bonchev–Trinajstić information content (AvgIpc) is 3.26. The quantitative estimate of drug-likeness (QED) is 0.877. The number of halogens is 1. The number of carbonyl (C=O) groups excluding carboxylic acids is 1. The molecule has 1 atom stereocenters. The molecular formula is C20H27ClN2O2. The summed E-state index contributed by atoms with van der Waals surface area (Å²) in [5.74, 6) is -0.0451. The molecule has 2 aliphatic heterocycles. The molecule has 5 heteroatoms. The summed E-state index contributed by atoms with van der Waals surface area (Å²) in [6.45, 7) is 2.73. The normalized spacial score (nSPS) is 25.5. The summed E-state index contributed by atoms with van der Waals surface area (Å²) in [4.78, 5) is 14.9. The Morgan fingerprint density at radius 2 is 1.92 bits per heavy atom. The lowest BCUT2D eigenvalue weighted by molar-refractivity contribution is -0.0246. The third-order valence-electron chi connectivity index (χ3n) is 5.97. The number of rotatable bonds is 3. The van der Waals surface area contributed by atoms with E-state index < -0.39 is 0 Å². The predicted octanol–water partition coefficient (Wildman–Crippen LogP) is 4.16. The van der Waals surface area contributed by atoms with Gasteiger partial charge in [-0.25, -0.2) is 0 Å². The number of nitrogens with zero attached hydrogens (tertiary/aromatic N) is 1. The highest BCUT2D eigenvalue weighted by Crippen LogP contribution is 2.39. The number of nitrogens with one attached hydrogen (secondary N) is 1. The van der Waals surface area contributed by atoms with E-state index in [2.05, 4.69) is 10.2 Å². The molecule has 3 aliphatic rings. The van der Waals surface area contributed by atoms with Crippen LogP contribution in [-0.2, 0) is 4.74 Å². The molecule has 1 aromatic carbocycles. The Morgan fingerprint density at radius 3 is 2.64 bits per heavy atom. The van der Waals surface area contributed by atoms with Gasteiger partial charge in [0.2, 0.25) is 0 Å². The van der Waals surface area contributed by atoms with Gasteiger partial charge >= 0.3 is 0 Å². The maximum atomic E-state index is 12.6. The molecular weight excluding hydrogens is 336 g/mol. The van der Waals surface area contributed by atoms with Crippen LogP contribution in [0.1, 0.15) is 61.7 Å². The minimum atomic E-state index is -0.0451. The minimum absolute atomic E-state index is 0.0213. The molecule has 4 rings (SSSR count). The minimum Gasteiger partial charge on any atom is -0.373 e. The Hall–Kier alpha value is -1.26. The predicted molar refractivity (Wildman–Crippen MR) is 101 cm³/mol. The first-order valence-electron chi connectivity index (χ1n) is 9.65. The van der Waals surface area contributed by atoms with Gasteiger partial charge in [0.05, 0.1) is 29.0 Å². The number of hydrogen-bond acceptors (Lipinski definition) is 3. The zero-order valence-electron chi connectivity index (χ0n) is 14.7. The number of carbonyl (C=O) groups is 1. The lowest BCUT2D eigenvalue weighted by Crippen LogP contribution is -2.37. The second kappa shape index (κ2) is 7.16. The number of benzene rings is 1. The Labute approximate surface area is 154 Å². The Balaban J connectivity index is 1.39. The third-order valence-corrected chi connectivity index (χ3v) is 6.27. The summed E-state index contributed by atoms with van der Waals surface area (Å²) < 4.78 is 6.09. The fourth-order valence-corrected chi connectivity index (χ4v) is 4.91. The van der Waals surface area contributed by atoms with Gasteiger partial charge in [0.1, 0.15) is 0 Å². The summed E-state index contributed by atoms with van der Waals surface area (Å²) in [5, 5.41) is 3.81. The molecule has 2 saturated heterocycles. The smallest absolute Gasteiger partial charge is 0.251 e. The standard InChI is InChI=1S/C20H27ClN2O2/c21-17-12-15(6-7-18(17)23-10-4-5-11-23)19(24)22-16-13-20(25-14-16)8-2-1-3-9-20/h6-7,12,16H,1-5,8-11,13-14H2,(H,22,24)/t16-/m1/s1. The molecule has 1 spiro atoms. The van der Waals surface area contributed by atoms with Crippen LogP contribution in [-0.4, -0.2) is 37.2 Å². The monoisotopic (exact) mass is 362 g/mol. The number of amides is 1. The molecule has 1 aliphatic carbocycles. The highest BCUT2D eigenvalue weighted by molar-refractivity contribution is 6.33. The SMILES string of the molecule is O=C(N[C@H]1COC2(CCCCC2)C1)c1ccc(N2CCCC2)c(Cl)c1. The van der Waals surface area contributed by atoms with Crippen LogP contribution in [0.5, 0.6) is 0 Å². The number of ether oxygens (including phenoxy) is 1. The number of anilines is 1. The molecule has 1 amide bonds. The highest BCUT2D eigenvalue weighted by Gasteiger charge is 2.41. The molecule has 4 nitrogen and oxygen atoms in total. The fourth-order valence-electron chi connectivity index (χ4n) is 4.61. The van der Waals surface area contributed by atoms with Crippen LogP contribution < -0.4 is 10.2 Å². The second-order valence-corrected chi connectivity index (χ2v) is 8.20. The van der Waals surface area contributed by atoms with Gasteiger partial charge in [0.15, 0.2) is 0 Å². The Kier molecular flexibility index (Phi) is 4.92. The van der Waals surface area contributed by atoms with Gasteiger partial charge in [0, 0.05) is 18.7 Å². The van der Waals surface area contributed by atoms with Crippen LogP contribution in [0.3, 0.4) is 0 Å². The van der Waals surface area contributed by atoms with Crippen molar-refractivity contribution >= 4 is 23.2 Å². The first-order chi connectivity index (χ1) is 12.2. The van der Waals surface area contributed by atoms with Gasteiger partial charge < -0.3 is 15.0 Å². The van der Waals surface area contributed by atoms with Crippen molar-refractivity contribution < 1.29 is 9.53 Å². The number of hydrogen-bond donors (Lipinski definition) is 1. The van der Waals surface area contributed by atoms with Crippen molar-refractivity contribution in [2.45, 2.75) is 63.0 Å². The zero-order valence-corrected chi connectivity index (χ0v) is 15.5. The van der Waals surface area contributed by atoms with Gasteiger partial charge in [-0.15, -0.1) is 0 Å². The molecule has 25 heavy (non-hydrogen) atoms. The lowest BCUT2D eigenvalue weighted by Gasteiger charge is -2.32. The van der Waals surface area contributed by atoms with Gasteiger partial charge in [-0.1, -0.05) is 30.9 Å². The highest BCUT2D eigenvalue weighted by atomic mass is 35.5. The topological polar surface area (TPSA) is 41.6 Å². The van der Waals surface area contributed by atoms with Crippen molar-refractivity contribution in [3.63, 3.8) is 0 Å². The van der Waals surface area contributed by atoms with E-state index >= 15 is 0 Å². The average molecular weight is 363 g/mol. The maximum absolute atomic E-state index is 12.6. The third kappa shape index (κ3) is 3.65. The second-order valence-electron chi connectivity index (χ2n) is 7.79. The Bertz CT molecular complexity index is 637. The molecule has 0 aromatic heterocycles. The summed E-state index contributed by atoms with van der Waals surface area (Å²) in [7, 11) is 0. The van der Waals surface area contributed by atoms with Crippen molar-refractivity contribution in [2.75, 3.05) is 24.6 Å².